The molecule has 1 unspecified atom stereocenters. The number of thiophene rings is 1. The van der Waals surface area contributed by atoms with Gasteiger partial charge in [0, 0.05) is 55.3 Å². The van der Waals surface area contributed by atoms with Crippen molar-refractivity contribution < 1.29 is 14.6 Å². The first-order chi connectivity index (χ1) is 16.5. The number of benzene rings is 1. The molecule has 3 aromatic rings. The number of morpholine rings is 1. The monoisotopic (exact) mass is 506 g/mol. The fraction of sp³-hybridized carbons (Fsp3) is 0.500. The van der Waals surface area contributed by atoms with Gasteiger partial charge in [-0.25, -0.2) is 4.98 Å². The van der Waals surface area contributed by atoms with Crippen LogP contribution in [0.1, 0.15) is 12.7 Å². The van der Waals surface area contributed by atoms with E-state index >= 15 is 0 Å². The molecule has 1 atom stereocenters. The smallest absolute Gasteiger partial charge is 0.260 e. The molecule has 3 heterocycles. The second kappa shape index (κ2) is 12.2. The molecule has 0 radical (unpaired) electrons. The van der Waals surface area contributed by atoms with Gasteiger partial charge in [0.25, 0.3) is 5.56 Å². The minimum atomic E-state index is -0.615. The normalized spacial score (nSPS) is 15.9. The van der Waals surface area contributed by atoms with E-state index in [0.717, 1.165) is 50.5 Å². The molecule has 1 aromatic carbocycles. The maximum atomic E-state index is 13.1. The minimum absolute atomic E-state index is 0.167. The molecule has 34 heavy (non-hydrogen) atoms. The zero-order valence-corrected chi connectivity index (χ0v) is 20.9. The zero-order chi connectivity index (χ0) is 23.9. The molecule has 0 aliphatic carbocycles. The summed E-state index contributed by atoms with van der Waals surface area (Å²) in [6.45, 7) is 8.50. The van der Waals surface area contributed by atoms with Gasteiger partial charge in [0.15, 0.2) is 0 Å². The summed E-state index contributed by atoms with van der Waals surface area (Å²) < 4.78 is 10.8. The molecule has 4 rings (SSSR count). The van der Waals surface area contributed by atoms with Crippen LogP contribution in [0, 0.1) is 0 Å². The van der Waals surface area contributed by atoms with Crippen LogP contribution in [0.5, 0.6) is 0 Å². The molecule has 0 bridgehead atoms. The van der Waals surface area contributed by atoms with Gasteiger partial charge in [-0.1, -0.05) is 23.7 Å². The highest BCUT2D eigenvalue weighted by molar-refractivity contribution is 7.17. The van der Waals surface area contributed by atoms with Gasteiger partial charge in [0.1, 0.15) is 10.7 Å². The predicted octanol–water partition coefficient (Wildman–Crippen LogP) is 2.84. The Bertz CT molecular complexity index is 1130. The first-order valence-corrected chi connectivity index (χ1v) is 12.8. The van der Waals surface area contributed by atoms with Crippen LogP contribution in [0.25, 0.3) is 21.3 Å². The van der Waals surface area contributed by atoms with Crippen LogP contribution >= 0.6 is 22.9 Å². The van der Waals surface area contributed by atoms with Gasteiger partial charge in [0.05, 0.1) is 37.9 Å². The van der Waals surface area contributed by atoms with E-state index in [0.29, 0.717) is 40.8 Å². The van der Waals surface area contributed by atoms with Crippen LogP contribution < -0.4 is 5.56 Å². The number of nitrogens with zero attached hydrogens (tertiary/aromatic N) is 3. The van der Waals surface area contributed by atoms with Crippen molar-refractivity contribution in [1.82, 2.24) is 19.8 Å². The van der Waals surface area contributed by atoms with E-state index in [1.54, 1.807) is 0 Å². The van der Waals surface area contributed by atoms with E-state index in [9.17, 15) is 9.90 Å². The lowest BCUT2D eigenvalue weighted by molar-refractivity contribution is 0.00942. The number of hydrogen-bond acceptors (Lipinski definition) is 8. The van der Waals surface area contributed by atoms with Crippen LogP contribution in [0.4, 0.5) is 0 Å². The number of rotatable bonds is 11. The van der Waals surface area contributed by atoms with Crippen LogP contribution in [-0.4, -0.2) is 90.1 Å². The standard InChI is InChI=1S/C24H31ClN4O4S/c1-2-32-15-19(30)13-29(7-6-28-8-10-33-11-9-28)14-21-26-23(31)22-20(16-34-24(22)27-21)17-4-3-5-18(25)12-17/h3-5,12,16,19,30H,2,6-11,13-15H2,1H3,(H,26,27,31). The first kappa shape index (κ1) is 25.2. The van der Waals surface area contributed by atoms with Crippen molar-refractivity contribution in [3.05, 3.63) is 50.8 Å². The van der Waals surface area contributed by atoms with Crippen LogP contribution in [0.2, 0.25) is 5.02 Å². The van der Waals surface area contributed by atoms with E-state index in [2.05, 4.69) is 14.8 Å². The fourth-order valence-electron chi connectivity index (χ4n) is 4.10. The number of ether oxygens (including phenoxy) is 2. The van der Waals surface area contributed by atoms with Gasteiger partial charge in [-0.2, -0.15) is 0 Å². The Labute approximate surface area is 208 Å². The van der Waals surface area contributed by atoms with Crippen molar-refractivity contribution in [2.45, 2.75) is 19.6 Å². The molecule has 184 valence electrons. The summed E-state index contributed by atoms with van der Waals surface area (Å²) in [4.78, 5) is 25.9. The first-order valence-electron chi connectivity index (χ1n) is 11.6. The van der Waals surface area contributed by atoms with Gasteiger partial charge >= 0.3 is 0 Å². The predicted molar refractivity (Wildman–Crippen MR) is 136 cm³/mol. The Morgan fingerprint density at radius 1 is 1.38 bits per heavy atom. The number of nitrogens with one attached hydrogen (secondary N) is 1. The van der Waals surface area contributed by atoms with Gasteiger partial charge < -0.3 is 19.6 Å². The highest BCUT2D eigenvalue weighted by Crippen LogP contribution is 2.32. The van der Waals surface area contributed by atoms with E-state index in [1.807, 2.05) is 36.6 Å². The molecule has 1 saturated heterocycles. The minimum Gasteiger partial charge on any atom is -0.389 e. The second-order valence-corrected chi connectivity index (χ2v) is 9.65. The molecule has 8 nitrogen and oxygen atoms in total. The Kier molecular flexibility index (Phi) is 9.07. The Morgan fingerprint density at radius 2 is 2.21 bits per heavy atom. The summed E-state index contributed by atoms with van der Waals surface area (Å²) >= 11 is 7.60. The molecule has 10 heteroatoms. The summed E-state index contributed by atoms with van der Waals surface area (Å²) in [6.07, 6.45) is -0.615. The summed E-state index contributed by atoms with van der Waals surface area (Å²) in [5.74, 6) is 0.586. The highest BCUT2D eigenvalue weighted by Gasteiger charge is 2.19. The van der Waals surface area contributed by atoms with Gasteiger partial charge in [-0.05, 0) is 24.6 Å². The van der Waals surface area contributed by atoms with Crippen molar-refractivity contribution in [3.8, 4) is 11.1 Å². The summed E-state index contributed by atoms with van der Waals surface area (Å²) in [7, 11) is 0. The number of aliphatic hydroxyl groups excluding tert-OH is 1. The Balaban J connectivity index is 1.52. The molecule has 2 aromatic heterocycles. The van der Waals surface area contributed by atoms with Gasteiger partial charge in [-0.3, -0.25) is 14.6 Å². The molecule has 1 fully saturated rings. The van der Waals surface area contributed by atoms with E-state index in [4.69, 9.17) is 26.1 Å². The average molecular weight is 507 g/mol. The third kappa shape index (κ3) is 6.63. The van der Waals surface area contributed by atoms with Gasteiger partial charge in [0.2, 0.25) is 0 Å². The Morgan fingerprint density at radius 3 is 2.97 bits per heavy atom. The van der Waals surface area contributed by atoms with E-state index in [1.165, 1.54) is 11.3 Å². The maximum absolute atomic E-state index is 13.1. The molecule has 2 N–H and O–H groups in total. The SMILES string of the molecule is CCOCC(O)CN(CCN1CCOCC1)Cc1nc2scc(-c3cccc(Cl)c3)c2c(=O)[nH]1. The van der Waals surface area contributed by atoms with E-state index in [-0.39, 0.29) is 12.2 Å². The quantitative estimate of drug-likeness (QED) is 0.413. The van der Waals surface area contributed by atoms with Crippen molar-refractivity contribution in [1.29, 1.82) is 0 Å². The highest BCUT2D eigenvalue weighted by atomic mass is 35.5. The lowest BCUT2D eigenvalue weighted by Crippen LogP contribution is -2.43. The van der Waals surface area contributed by atoms with Crippen LogP contribution in [0.3, 0.4) is 0 Å². The maximum Gasteiger partial charge on any atom is 0.260 e. The van der Waals surface area contributed by atoms with Gasteiger partial charge in [-0.15, -0.1) is 11.3 Å². The molecule has 1 aliphatic rings. The van der Waals surface area contributed by atoms with Crippen molar-refractivity contribution in [2.24, 2.45) is 0 Å². The zero-order valence-electron chi connectivity index (χ0n) is 19.3. The summed E-state index contributed by atoms with van der Waals surface area (Å²) in [6, 6.07) is 7.47. The molecular weight excluding hydrogens is 476 g/mol. The molecule has 0 amide bonds. The van der Waals surface area contributed by atoms with Crippen LogP contribution in [0.15, 0.2) is 34.4 Å². The lowest BCUT2D eigenvalue weighted by Gasteiger charge is -2.30. The largest absolute Gasteiger partial charge is 0.389 e. The molecule has 1 aliphatic heterocycles. The number of H-pyrrole nitrogens is 1. The number of aromatic amines is 1. The Hall–Kier alpha value is -1.85. The second-order valence-electron chi connectivity index (χ2n) is 8.35. The fourth-order valence-corrected chi connectivity index (χ4v) is 5.25. The number of aromatic nitrogens is 2. The topological polar surface area (TPSA) is 90.9 Å². The van der Waals surface area contributed by atoms with Crippen LogP contribution in [-0.2, 0) is 16.0 Å². The lowest BCUT2D eigenvalue weighted by atomic mass is 10.1. The number of hydrogen-bond donors (Lipinski definition) is 2. The molecular formula is C24H31ClN4O4S. The molecule has 0 spiro atoms. The average Bonchev–Trinajstić information content (AvgIpc) is 3.26. The number of fused-ring (bicyclic) bond motifs is 1. The summed E-state index contributed by atoms with van der Waals surface area (Å²) in [5, 5.41) is 13.6. The third-order valence-electron chi connectivity index (χ3n) is 5.82. The number of aliphatic hydroxyl groups is 1. The van der Waals surface area contributed by atoms with Crippen molar-refractivity contribution >= 4 is 33.2 Å². The van der Waals surface area contributed by atoms with E-state index < -0.39 is 6.10 Å². The third-order valence-corrected chi connectivity index (χ3v) is 6.93. The van der Waals surface area contributed by atoms with Crippen molar-refractivity contribution in [2.75, 3.05) is 59.2 Å². The summed E-state index contributed by atoms with van der Waals surface area (Å²) in [5.41, 5.74) is 1.56. The number of halogens is 1. The van der Waals surface area contributed by atoms with Crippen molar-refractivity contribution in [3.63, 3.8) is 0 Å². The molecule has 0 saturated carbocycles.